The lowest BCUT2D eigenvalue weighted by molar-refractivity contribution is -0.147. The Labute approximate surface area is 471 Å². The topological polar surface area (TPSA) is 222 Å². The first-order valence-corrected chi connectivity index (χ1v) is 29.7. The summed E-state index contributed by atoms with van der Waals surface area (Å²) in [5.74, 6) is -2.64. The molecule has 4 saturated heterocycles. The number of nitrogens with one attached hydrogen (secondary N) is 6. The van der Waals surface area contributed by atoms with E-state index in [1.54, 1.807) is 62.0 Å². The number of carbonyl (C=O) groups excluding carboxylic acids is 8. The normalized spacial score (nSPS) is 25.1. The molecule has 9 rings (SSSR count). The first-order valence-electron chi connectivity index (χ1n) is 29.7. The summed E-state index contributed by atoms with van der Waals surface area (Å²) in [7, 11) is 3.39. The molecule has 6 aliphatic rings. The quantitative estimate of drug-likeness (QED) is 0.0983. The highest BCUT2D eigenvalue weighted by atomic mass is 16.2. The van der Waals surface area contributed by atoms with Crippen LogP contribution >= 0.6 is 0 Å². The number of hydrogen-bond donors (Lipinski definition) is 6. The second kappa shape index (κ2) is 26.7. The van der Waals surface area contributed by atoms with Crippen LogP contribution in [0, 0.1) is 11.8 Å². The van der Waals surface area contributed by atoms with Crippen molar-refractivity contribution in [1.82, 2.24) is 51.5 Å². The van der Waals surface area contributed by atoms with Gasteiger partial charge in [-0.2, -0.15) is 0 Å². The van der Waals surface area contributed by atoms with Crippen molar-refractivity contribution in [3.63, 3.8) is 0 Å². The molecule has 0 unspecified atom stereocenters. The van der Waals surface area contributed by atoms with Crippen molar-refractivity contribution in [3.8, 4) is 0 Å². The van der Waals surface area contributed by atoms with E-state index in [9.17, 15) is 28.8 Å². The molecule has 18 heteroatoms. The third kappa shape index (κ3) is 13.2. The average Bonchev–Trinajstić information content (AvgIpc) is 4.41. The Bertz CT molecular complexity index is 2480. The maximum atomic E-state index is 15.0. The maximum absolute atomic E-state index is 15.0. The van der Waals surface area contributed by atoms with Crippen molar-refractivity contribution in [2.45, 2.75) is 177 Å². The summed E-state index contributed by atoms with van der Waals surface area (Å²) in [6.07, 6.45) is 12.6. The number of amides is 8. The summed E-state index contributed by atoms with van der Waals surface area (Å²) in [6.45, 7) is 4.71. The van der Waals surface area contributed by atoms with E-state index in [1.165, 1.54) is 0 Å². The molecule has 10 atom stereocenters. The van der Waals surface area contributed by atoms with Gasteiger partial charge in [-0.15, -0.1) is 0 Å². The van der Waals surface area contributed by atoms with E-state index >= 15 is 9.59 Å². The van der Waals surface area contributed by atoms with Crippen molar-refractivity contribution < 1.29 is 38.4 Å². The Kier molecular flexibility index (Phi) is 19.4. The zero-order chi connectivity index (χ0) is 56.5. The standard InChI is InChI=1S/C62H84N10O8/c1-39(63-3)55(73)67-53(43-23-13-7-14-24-43)61(79)71-37-47(35-51(71)59(77)69-33-17-27-49(69)41-19-9-5-10-20-41)65-57(75)45-29-31-46(32-30-45)58(76)66-48-36-52(60(78)70-34-18-28-50(70)42-21-11-6-12-22-42)72(38-48)62(80)54(44-25-15-8-16-26-44)68-56(74)40(2)64-4/h5-6,9-12,19-22,29-32,39-40,43-44,47-54,63-64H,7-8,13-18,23-28,33-38H2,1-4H3,(H,65,75)(H,66,76)(H,67,73)(H,68,74)/t39-,40-,47-,48-,49+,50+,51-,52-,53-,54-/m0/s1. The molecule has 0 radical (unpaired) electrons. The fourth-order valence-electron chi connectivity index (χ4n) is 13.5. The molecule has 2 saturated carbocycles. The van der Waals surface area contributed by atoms with E-state index in [2.05, 4.69) is 31.9 Å². The van der Waals surface area contributed by atoms with Crippen LogP contribution < -0.4 is 31.9 Å². The smallest absolute Gasteiger partial charge is 0.251 e. The molecule has 4 heterocycles. The third-order valence-corrected chi connectivity index (χ3v) is 18.3. The zero-order valence-corrected chi connectivity index (χ0v) is 47.2. The Hall–Kier alpha value is -6.66. The first kappa shape index (κ1) is 58.0. The van der Waals surface area contributed by atoms with Gasteiger partial charge in [-0.05, 0) is 139 Å². The van der Waals surface area contributed by atoms with E-state index < -0.39 is 60.1 Å². The summed E-state index contributed by atoms with van der Waals surface area (Å²) >= 11 is 0. The predicted octanol–water partition coefficient (Wildman–Crippen LogP) is 5.16. The minimum Gasteiger partial charge on any atom is -0.347 e. The molecule has 430 valence electrons. The fraction of sp³-hybridized carbons (Fsp3) is 0.581. The number of benzene rings is 3. The van der Waals surface area contributed by atoms with Crippen LogP contribution in [-0.4, -0.2) is 155 Å². The second-order valence-corrected chi connectivity index (χ2v) is 23.4. The fourth-order valence-corrected chi connectivity index (χ4v) is 13.5. The van der Waals surface area contributed by atoms with Crippen LogP contribution in [0.3, 0.4) is 0 Å². The van der Waals surface area contributed by atoms with Gasteiger partial charge >= 0.3 is 0 Å². The van der Waals surface area contributed by atoms with Crippen LogP contribution in [0.1, 0.15) is 161 Å². The van der Waals surface area contributed by atoms with E-state index in [0.29, 0.717) is 13.1 Å². The Morgan fingerprint density at radius 1 is 0.450 bits per heavy atom. The van der Waals surface area contributed by atoms with E-state index in [0.717, 1.165) is 101 Å². The minimum absolute atomic E-state index is 0.0733. The molecule has 6 fully saturated rings. The van der Waals surface area contributed by atoms with Crippen LogP contribution in [0.2, 0.25) is 0 Å². The number of carbonyl (C=O) groups is 8. The number of likely N-dealkylation sites (tertiary alicyclic amines) is 4. The highest BCUT2D eigenvalue weighted by Gasteiger charge is 2.49. The lowest BCUT2D eigenvalue weighted by atomic mass is 9.83. The van der Waals surface area contributed by atoms with Gasteiger partial charge in [0.25, 0.3) is 11.8 Å². The van der Waals surface area contributed by atoms with Gasteiger partial charge in [0, 0.05) is 49.4 Å². The largest absolute Gasteiger partial charge is 0.347 e. The molecule has 8 amide bonds. The Morgan fingerprint density at radius 2 is 0.812 bits per heavy atom. The molecule has 4 aliphatic heterocycles. The molecule has 2 aliphatic carbocycles. The lowest BCUT2D eigenvalue weighted by Gasteiger charge is -2.36. The summed E-state index contributed by atoms with van der Waals surface area (Å²) in [4.78, 5) is 122. The molecule has 18 nitrogen and oxygen atoms in total. The van der Waals surface area contributed by atoms with Gasteiger partial charge in [0.2, 0.25) is 35.4 Å². The highest BCUT2D eigenvalue weighted by Crippen LogP contribution is 2.38. The molecule has 0 bridgehead atoms. The van der Waals surface area contributed by atoms with Crippen LogP contribution in [0.25, 0.3) is 0 Å². The minimum atomic E-state index is -0.871. The van der Waals surface area contributed by atoms with E-state index in [4.69, 9.17) is 0 Å². The molecule has 3 aromatic rings. The lowest BCUT2D eigenvalue weighted by Crippen LogP contribution is -2.58. The van der Waals surface area contributed by atoms with Crippen molar-refractivity contribution in [3.05, 3.63) is 107 Å². The number of likely N-dealkylation sites (N-methyl/N-ethyl adjacent to an activating group) is 2. The van der Waals surface area contributed by atoms with Gasteiger partial charge < -0.3 is 51.5 Å². The third-order valence-electron chi connectivity index (χ3n) is 18.3. The number of rotatable bonds is 18. The van der Waals surface area contributed by atoms with Crippen LogP contribution in [0.4, 0.5) is 0 Å². The average molecular weight is 1100 g/mol. The molecule has 80 heavy (non-hydrogen) atoms. The van der Waals surface area contributed by atoms with E-state index in [1.807, 2.05) is 70.5 Å². The summed E-state index contributed by atoms with van der Waals surface area (Å²) < 4.78 is 0. The molecule has 6 N–H and O–H groups in total. The monoisotopic (exact) mass is 1100 g/mol. The summed E-state index contributed by atoms with van der Waals surface area (Å²) in [5, 5.41) is 18.3. The van der Waals surface area contributed by atoms with Crippen LogP contribution in [0.15, 0.2) is 84.9 Å². The van der Waals surface area contributed by atoms with Crippen molar-refractivity contribution in [1.29, 1.82) is 0 Å². The number of hydrogen-bond acceptors (Lipinski definition) is 10. The van der Waals surface area contributed by atoms with Crippen LogP contribution in [0.5, 0.6) is 0 Å². The predicted molar refractivity (Wildman–Crippen MR) is 304 cm³/mol. The summed E-state index contributed by atoms with van der Waals surface area (Å²) in [6, 6.07) is 20.1. The van der Waals surface area contributed by atoms with Crippen molar-refractivity contribution >= 4 is 47.3 Å². The molecule has 0 aromatic heterocycles. The van der Waals surface area contributed by atoms with Gasteiger partial charge in [0.1, 0.15) is 24.2 Å². The van der Waals surface area contributed by atoms with E-state index in [-0.39, 0.29) is 96.4 Å². The van der Waals surface area contributed by atoms with Gasteiger partial charge in [0.15, 0.2) is 0 Å². The Morgan fingerprint density at radius 3 is 1.16 bits per heavy atom. The molecular formula is C62H84N10O8. The Balaban J connectivity index is 0.909. The molecular weight excluding hydrogens is 1010 g/mol. The summed E-state index contributed by atoms with van der Waals surface area (Å²) in [5.41, 5.74) is 2.60. The van der Waals surface area contributed by atoms with Gasteiger partial charge in [-0.1, -0.05) is 99.2 Å². The van der Waals surface area contributed by atoms with Gasteiger partial charge in [-0.25, -0.2) is 0 Å². The first-order chi connectivity index (χ1) is 38.7. The highest BCUT2D eigenvalue weighted by molar-refractivity contribution is 5.99. The van der Waals surface area contributed by atoms with Crippen LogP contribution in [-0.2, 0) is 28.8 Å². The zero-order valence-electron chi connectivity index (χ0n) is 47.2. The maximum Gasteiger partial charge on any atom is 0.251 e. The molecule has 0 spiro atoms. The number of nitrogens with zero attached hydrogens (tertiary/aromatic N) is 4. The molecule has 3 aromatic carbocycles. The van der Waals surface area contributed by atoms with Crippen molar-refractivity contribution in [2.24, 2.45) is 11.8 Å². The van der Waals surface area contributed by atoms with Gasteiger partial charge in [-0.3, -0.25) is 38.4 Å². The van der Waals surface area contributed by atoms with Gasteiger partial charge in [0.05, 0.1) is 24.2 Å². The SMILES string of the molecule is CN[C@@H](C)C(=O)N[C@H](C(=O)N1C[C@@H](NC(=O)c2ccc(C(=O)N[C@H]3C[C@@H](C(=O)N4CCC[C@@H]4c4ccccc4)N(C(=O)[C@@H](NC(=O)[C@H](C)NC)C4CCCCC4)C3)cc2)C[C@H]1C(=O)N1CCC[C@@H]1c1ccccc1)C1CCCCC1. The van der Waals surface area contributed by atoms with Crippen molar-refractivity contribution in [2.75, 3.05) is 40.3 Å². The second-order valence-electron chi connectivity index (χ2n) is 23.4.